The van der Waals surface area contributed by atoms with Crippen LogP contribution in [-0.4, -0.2) is 30.8 Å². The smallest absolute Gasteiger partial charge is 0.307 e. The molecule has 1 aromatic rings. The molecule has 1 aromatic carbocycles. The lowest BCUT2D eigenvalue weighted by molar-refractivity contribution is -0.143. The van der Waals surface area contributed by atoms with Gasteiger partial charge >= 0.3 is 5.97 Å². The molecule has 1 aliphatic heterocycles. The van der Waals surface area contributed by atoms with Crippen LogP contribution in [0.3, 0.4) is 0 Å². The number of carboxylic acid groups (broad SMARTS) is 1. The fourth-order valence-electron chi connectivity index (χ4n) is 3.33. The number of hydrogen-bond donors (Lipinski definition) is 2. The van der Waals surface area contributed by atoms with Crippen LogP contribution < -0.4 is 10.1 Å². The fourth-order valence-corrected chi connectivity index (χ4v) is 3.33. The van der Waals surface area contributed by atoms with Gasteiger partial charge in [-0.05, 0) is 74.7 Å². The lowest BCUT2D eigenvalue weighted by atomic mass is 9.82. The molecule has 0 saturated carbocycles. The van der Waals surface area contributed by atoms with Gasteiger partial charge in [0.1, 0.15) is 5.75 Å². The van der Waals surface area contributed by atoms with Gasteiger partial charge in [0, 0.05) is 0 Å². The Hall–Kier alpha value is -1.55. The molecule has 0 aliphatic carbocycles. The summed E-state index contributed by atoms with van der Waals surface area (Å²) in [5.41, 5.74) is 1.06. The van der Waals surface area contributed by atoms with Crippen molar-refractivity contribution in [3.05, 3.63) is 29.8 Å². The van der Waals surface area contributed by atoms with Gasteiger partial charge in [-0.3, -0.25) is 4.79 Å². The zero-order valence-electron chi connectivity index (χ0n) is 15.0. The van der Waals surface area contributed by atoms with Crippen molar-refractivity contribution in [3.8, 4) is 5.75 Å². The topological polar surface area (TPSA) is 58.6 Å². The Balaban J connectivity index is 1.99. The van der Waals surface area contributed by atoms with E-state index in [1.807, 2.05) is 24.3 Å². The molecule has 1 heterocycles. The fraction of sp³-hybridized carbons (Fsp3) is 0.650. The molecular formula is C20H31NO3. The van der Waals surface area contributed by atoms with Crippen molar-refractivity contribution in [3.63, 3.8) is 0 Å². The van der Waals surface area contributed by atoms with E-state index in [1.165, 1.54) is 0 Å². The molecule has 4 nitrogen and oxygen atoms in total. The lowest BCUT2D eigenvalue weighted by Gasteiger charge is -2.22. The SMILES string of the molecule is CC(C)CCOc1cccc(C[C@H](C(=O)O)[C@@H]2CCCNCC2)c1. The van der Waals surface area contributed by atoms with E-state index >= 15 is 0 Å². The van der Waals surface area contributed by atoms with E-state index in [0.717, 1.165) is 50.1 Å². The predicted molar refractivity (Wildman–Crippen MR) is 96.4 cm³/mol. The second kappa shape index (κ2) is 9.67. The Morgan fingerprint density at radius 2 is 2.17 bits per heavy atom. The molecule has 2 atom stereocenters. The van der Waals surface area contributed by atoms with Crippen LogP contribution in [0.15, 0.2) is 24.3 Å². The molecule has 2 N–H and O–H groups in total. The summed E-state index contributed by atoms with van der Waals surface area (Å²) in [6, 6.07) is 7.94. The zero-order chi connectivity index (χ0) is 17.4. The first-order valence-electron chi connectivity index (χ1n) is 9.21. The van der Waals surface area contributed by atoms with Crippen LogP contribution in [0, 0.1) is 17.8 Å². The first-order valence-corrected chi connectivity index (χ1v) is 9.21. The lowest BCUT2D eigenvalue weighted by Crippen LogP contribution is -2.26. The van der Waals surface area contributed by atoms with E-state index in [1.54, 1.807) is 0 Å². The van der Waals surface area contributed by atoms with Gasteiger partial charge in [0.25, 0.3) is 0 Å². The first-order chi connectivity index (χ1) is 11.6. The van der Waals surface area contributed by atoms with E-state index < -0.39 is 5.97 Å². The molecule has 1 fully saturated rings. The second-order valence-electron chi connectivity index (χ2n) is 7.27. The highest BCUT2D eigenvalue weighted by atomic mass is 16.5. The number of benzene rings is 1. The van der Waals surface area contributed by atoms with Gasteiger partial charge in [0.2, 0.25) is 0 Å². The molecule has 0 amide bonds. The second-order valence-corrected chi connectivity index (χ2v) is 7.27. The molecule has 0 radical (unpaired) electrons. The van der Waals surface area contributed by atoms with Crippen molar-refractivity contribution in [1.82, 2.24) is 5.32 Å². The molecule has 0 bridgehead atoms. The minimum Gasteiger partial charge on any atom is -0.494 e. The van der Waals surface area contributed by atoms with Gasteiger partial charge in [0.15, 0.2) is 0 Å². The normalized spacial score (nSPS) is 19.7. The quantitative estimate of drug-likeness (QED) is 0.761. The minimum atomic E-state index is -0.673. The number of aliphatic carboxylic acids is 1. The number of rotatable bonds is 8. The van der Waals surface area contributed by atoms with Crippen molar-refractivity contribution in [2.24, 2.45) is 17.8 Å². The van der Waals surface area contributed by atoms with Crippen molar-refractivity contribution in [1.29, 1.82) is 0 Å². The van der Waals surface area contributed by atoms with Crippen LogP contribution >= 0.6 is 0 Å². The van der Waals surface area contributed by atoms with Gasteiger partial charge in [-0.15, -0.1) is 0 Å². The Labute approximate surface area is 145 Å². The van der Waals surface area contributed by atoms with E-state index in [2.05, 4.69) is 19.2 Å². The minimum absolute atomic E-state index is 0.253. The van der Waals surface area contributed by atoms with E-state index in [4.69, 9.17) is 4.74 Å². The maximum Gasteiger partial charge on any atom is 0.307 e. The highest BCUT2D eigenvalue weighted by Gasteiger charge is 2.28. The molecule has 24 heavy (non-hydrogen) atoms. The Kier molecular flexibility index (Phi) is 7.57. The summed E-state index contributed by atoms with van der Waals surface area (Å²) in [5, 5.41) is 13.1. The maximum atomic E-state index is 11.8. The summed E-state index contributed by atoms with van der Waals surface area (Å²) in [6.45, 7) is 6.99. The summed E-state index contributed by atoms with van der Waals surface area (Å²) in [4.78, 5) is 11.8. The summed E-state index contributed by atoms with van der Waals surface area (Å²) in [7, 11) is 0. The Bertz CT molecular complexity index is 507. The molecule has 1 aliphatic rings. The first kappa shape index (κ1) is 18.8. The maximum absolute atomic E-state index is 11.8. The van der Waals surface area contributed by atoms with Crippen molar-refractivity contribution in [2.45, 2.75) is 46.0 Å². The van der Waals surface area contributed by atoms with Crippen LogP contribution in [0.4, 0.5) is 0 Å². The standard InChI is InChI=1S/C20H31NO3/c1-15(2)9-12-24-18-7-3-5-16(13-18)14-19(20(22)23)17-6-4-10-21-11-8-17/h3,5,7,13,15,17,19,21H,4,6,8-12,14H2,1-2H3,(H,22,23)/t17-,19+/m1/s1. The van der Waals surface area contributed by atoms with Crippen molar-refractivity contribution in [2.75, 3.05) is 19.7 Å². The van der Waals surface area contributed by atoms with Gasteiger partial charge in [-0.1, -0.05) is 26.0 Å². The van der Waals surface area contributed by atoms with E-state index in [0.29, 0.717) is 18.9 Å². The van der Waals surface area contributed by atoms with E-state index in [-0.39, 0.29) is 11.8 Å². The third-order valence-corrected chi connectivity index (χ3v) is 4.82. The van der Waals surface area contributed by atoms with Gasteiger partial charge in [0.05, 0.1) is 12.5 Å². The van der Waals surface area contributed by atoms with Crippen molar-refractivity contribution >= 4 is 5.97 Å². The number of ether oxygens (including phenoxy) is 1. The Morgan fingerprint density at radius 3 is 2.92 bits per heavy atom. The molecule has 0 spiro atoms. The summed E-state index contributed by atoms with van der Waals surface area (Å²) in [5.74, 6) is 0.736. The molecule has 0 unspecified atom stereocenters. The van der Waals surface area contributed by atoms with Crippen LogP contribution in [0.5, 0.6) is 5.75 Å². The van der Waals surface area contributed by atoms with Gasteiger partial charge in [-0.2, -0.15) is 0 Å². The summed E-state index contributed by atoms with van der Waals surface area (Å²) < 4.78 is 5.81. The zero-order valence-corrected chi connectivity index (χ0v) is 15.0. The third-order valence-electron chi connectivity index (χ3n) is 4.82. The number of nitrogens with one attached hydrogen (secondary N) is 1. The summed E-state index contributed by atoms with van der Waals surface area (Å²) in [6.07, 6.45) is 4.61. The average Bonchev–Trinajstić information content (AvgIpc) is 2.81. The molecular weight excluding hydrogens is 302 g/mol. The van der Waals surface area contributed by atoms with Crippen LogP contribution in [0.1, 0.15) is 45.1 Å². The molecule has 1 saturated heterocycles. The highest BCUT2D eigenvalue weighted by Crippen LogP contribution is 2.27. The number of carbonyl (C=O) groups is 1. The van der Waals surface area contributed by atoms with Gasteiger partial charge in [-0.25, -0.2) is 0 Å². The van der Waals surface area contributed by atoms with Crippen LogP contribution in [0.2, 0.25) is 0 Å². The number of carboxylic acids is 1. The molecule has 4 heteroatoms. The van der Waals surface area contributed by atoms with E-state index in [9.17, 15) is 9.90 Å². The van der Waals surface area contributed by atoms with Crippen molar-refractivity contribution < 1.29 is 14.6 Å². The predicted octanol–water partition coefficient (Wildman–Crippen LogP) is 3.74. The largest absolute Gasteiger partial charge is 0.494 e. The molecule has 2 rings (SSSR count). The van der Waals surface area contributed by atoms with Crippen LogP contribution in [0.25, 0.3) is 0 Å². The summed E-state index contributed by atoms with van der Waals surface area (Å²) >= 11 is 0. The molecule has 134 valence electrons. The average molecular weight is 333 g/mol. The Morgan fingerprint density at radius 1 is 1.33 bits per heavy atom. The highest BCUT2D eigenvalue weighted by molar-refractivity contribution is 5.70. The number of hydrogen-bond acceptors (Lipinski definition) is 3. The van der Waals surface area contributed by atoms with Gasteiger partial charge < -0.3 is 15.2 Å². The molecule has 0 aromatic heterocycles. The third kappa shape index (κ3) is 6.16. The van der Waals surface area contributed by atoms with Crippen LogP contribution in [-0.2, 0) is 11.2 Å². The monoisotopic (exact) mass is 333 g/mol.